The first-order valence-electron chi connectivity index (χ1n) is 6.84. The molecule has 2 rings (SSSR count). The number of nitrogens with zero attached hydrogens (tertiary/aromatic N) is 2. The first-order chi connectivity index (χ1) is 9.79. The molecule has 0 unspecified atom stereocenters. The maximum atomic E-state index is 5.76. The fourth-order valence-electron chi connectivity index (χ4n) is 1.74. The topological polar surface area (TPSA) is 76.4 Å². The lowest BCUT2D eigenvalue weighted by molar-refractivity contribution is 0.424. The summed E-state index contributed by atoms with van der Waals surface area (Å²) in [4.78, 5) is 4.23. The summed E-state index contributed by atoms with van der Waals surface area (Å²) in [5.74, 6) is 1.19. The molecule has 5 nitrogen and oxygen atoms in total. The van der Waals surface area contributed by atoms with Crippen molar-refractivity contribution in [3.8, 4) is 11.3 Å². The van der Waals surface area contributed by atoms with Gasteiger partial charge in [-0.05, 0) is 6.42 Å². The maximum absolute atomic E-state index is 5.76. The molecular formula is C15H20N4O. The van der Waals surface area contributed by atoms with Crippen LogP contribution in [0.3, 0.4) is 0 Å². The van der Waals surface area contributed by atoms with Crippen LogP contribution in [0, 0.1) is 0 Å². The van der Waals surface area contributed by atoms with E-state index in [1.165, 1.54) is 0 Å². The van der Waals surface area contributed by atoms with Crippen LogP contribution in [-0.4, -0.2) is 17.7 Å². The van der Waals surface area contributed by atoms with Crippen molar-refractivity contribution in [1.82, 2.24) is 10.5 Å². The van der Waals surface area contributed by atoms with Gasteiger partial charge in [0.1, 0.15) is 5.69 Å². The Morgan fingerprint density at radius 1 is 1.35 bits per heavy atom. The third-order valence-electron chi connectivity index (χ3n) is 2.87. The maximum Gasteiger partial charge on any atom is 0.188 e. The van der Waals surface area contributed by atoms with E-state index in [1.807, 2.05) is 36.4 Å². The van der Waals surface area contributed by atoms with E-state index in [-0.39, 0.29) is 0 Å². The van der Waals surface area contributed by atoms with E-state index < -0.39 is 0 Å². The van der Waals surface area contributed by atoms with Crippen LogP contribution in [-0.2, 0) is 6.54 Å². The SMILES string of the molecule is CCCCNC(N)=NCc1cc(-c2ccccc2)on1. The third kappa shape index (κ3) is 4.12. The summed E-state index contributed by atoms with van der Waals surface area (Å²) >= 11 is 0. The molecule has 2 aromatic rings. The largest absolute Gasteiger partial charge is 0.370 e. The Hall–Kier alpha value is -2.30. The zero-order valence-electron chi connectivity index (χ0n) is 11.7. The average Bonchev–Trinajstić information content (AvgIpc) is 2.95. The molecule has 0 fully saturated rings. The van der Waals surface area contributed by atoms with Crippen LogP contribution in [0.4, 0.5) is 0 Å². The van der Waals surface area contributed by atoms with Crippen LogP contribution < -0.4 is 11.1 Å². The van der Waals surface area contributed by atoms with Crippen LogP contribution >= 0.6 is 0 Å². The van der Waals surface area contributed by atoms with E-state index in [0.29, 0.717) is 12.5 Å². The summed E-state index contributed by atoms with van der Waals surface area (Å²) in [5, 5.41) is 7.06. The highest BCUT2D eigenvalue weighted by molar-refractivity contribution is 5.77. The Kier molecular flexibility index (Phi) is 5.17. The number of unbranched alkanes of at least 4 members (excludes halogenated alkanes) is 1. The predicted molar refractivity (Wildman–Crippen MR) is 80.2 cm³/mol. The lowest BCUT2D eigenvalue weighted by Gasteiger charge is -2.02. The van der Waals surface area contributed by atoms with Gasteiger partial charge in [0.15, 0.2) is 11.7 Å². The number of guanidine groups is 1. The Morgan fingerprint density at radius 3 is 2.90 bits per heavy atom. The highest BCUT2D eigenvalue weighted by Gasteiger charge is 2.05. The molecule has 0 saturated carbocycles. The molecule has 0 atom stereocenters. The van der Waals surface area contributed by atoms with Crippen LogP contribution in [0.1, 0.15) is 25.5 Å². The number of rotatable bonds is 6. The van der Waals surface area contributed by atoms with Crippen LogP contribution in [0.25, 0.3) is 11.3 Å². The summed E-state index contributed by atoms with van der Waals surface area (Å²) in [5.41, 5.74) is 7.53. The molecule has 1 heterocycles. The number of hydrogen-bond donors (Lipinski definition) is 2. The molecule has 0 aliphatic carbocycles. The fraction of sp³-hybridized carbons (Fsp3) is 0.333. The quantitative estimate of drug-likeness (QED) is 0.481. The summed E-state index contributed by atoms with van der Waals surface area (Å²) in [6.45, 7) is 3.40. The number of benzene rings is 1. The van der Waals surface area contributed by atoms with Gasteiger partial charge in [0.05, 0.1) is 6.54 Å². The first kappa shape index (κ1) is 14.1. The van der Waals surface area contributed by atoms with Crippen LogP contribution in [0.5, 0.6) is 0 Å². The second kappa shape index (κ2) is 7.33. The summed E-state index contributed by atoms with van der Waals surface area (Å²) in [6, 6.07) is 11.7. The second-order valence-electron chi connectivity index (χ2n) is 4.53. The van der Waals surface area contributed by atoms with E-state index in [9.17, 15) is 0 Å². The molecule has 0 radical (unpaired) electrons. The van der Waals surface area contributed by atoms with E-state index >= 15 is 0 Å². The van der Waals surface area contributed by atoms with E-state index in [1.54, 1.807) is 0 Å². The molecule has 1 aromatic heterocycles. The number of nitrogens with two attached hydrogens (primary N) is 1. The van der Waals surface area contributed by atoms with Crippen molar-refractivity contribution < 1.29 is 4.52 Å². The molecule has 0 saturated heterocycles. The van der Waals surface area contributed by atoms with Gasteiger partial charge in [-0.3, -0.25) is 0 Å². The average molecular weight is 272 g/mol. The zero-order valence-corrected chi connectivity index (χ0v) is 11.7. The van der Waals surface area contributed by atoms with Gasteiger partial charge >= 0.3 is 0 Å². The molecule has 0 aliphatic rings. The smallest absolute Gasteiger partial charge is 0.188 e. The van der Waals surface area contributed by atoms with Crippen molar-refractivity contribution in [3.05, 3.63) is 42.1 Å². The Labute approximate surface area is 118 Å². The molecule has 0 bridgehead atoms. The summed E-state index contributed by atoms with van der Waals surface area (Å²) in [6.07, 6.45) is 2.21. The lowest BCUT2D eigenvalue weighted by Crippen LogP contribution is -2.32. The second-order valence-corrected chi connectivity index (χ2v) is 4.53. The van der Waals surface area contributed by atoms with Crippen molar-refractivity contribution in [1.29, 1.82) is 0 Å². The minimum Gasteiger partial charge on any atom is -0.370 e. The Bertz CT molecular complexity index is 548. The minimum atomic E-state index is 0.418. The van der Waals surface area contributed by atoms with Crippen molar-refractivity contribution in [2.75, 3.05) is 6.54 Å². The van der Waals surface area contributed by atoms with Crippen LogP contribution in [0.2, 0.25) is 0 Å². The molecular weight excluding hydrogens is 252 g/mol. The van der Waals surface area contributed by atoms with E-state index in [0.717, 1.165) is 36.4 Å². The molecule has 0 aliphatic heterocycles. The van der Waals surface area contributed by atoms with Gasteiger partial charge in [-0.25, -0.2) is 4.99 Å². The third-order valence-corrected chi connectivity index (χ3v) is 2.87. The summed E-state index contributed by atoms with van der Waals surface area (Å²) < 4.78 is 5.30. The molecule has 0 amide bonds. The fourth-order valence-corrected chi connectivity index (χ4v) is 1.74. The summed E-state index contributed by atoms with van der Waals surface area (Å²) in [7, 11) is 0. The van der Waals surface area contributed by atoms with Gasteiger partial charge in [-0.15, -0.1) is 0 Å². The standard InChI is InChI=1S/C15H20N4O/c1-2-3-9-17-15(16)18-11-13-10-14(20-19-13)12-7-5-4-6-8-12/h4-8,10H,2-3,9,11H2,1H3,(H3,16,17,18). The highest BCUT2D eigenvalue weighted by Crippen LogP contribution is 2.19. The monoisotopic (exact) mass is 272 g/mol. The van der Waals surface area contributed by atoms with Gasteiger partial charge in [-0.1, -0.05) is 48.8 Å². The van der Waals surface area contributed by atoms with Crippen LogP contribution in [0.15, 0.2) is 45.9 Å². The Balaban J connectivity index is 1.91. The minimum absolute atomic E-state index is 0.418. The van der Waals surface area contributed by atoms with Gasteiger partial charge in [-0.2, -0.15) is 0 Å². The van der Waals surface area contributed by atoms with Crippen molar-refractivity contribution >= 4 is 5.96 Å². The zero-order chi connectivity index (χ0) is 14.2. The molecule has 20 heavy (non-hydrogen) atoms. The van der Waals surface area contributed by atoms with E-state index in [2.05, 4.69) is 22.4 Å². The van der Waals surface area contributed by atoms with Crippen molar-refractivity contribution in [3.63, 3.8) is 0 Å². The number of aliphatic imine (C=N–C) groups is 1. The molecule has 3 N–H and O–H groups in total. The molecule has 5 heteroatoms. The molecule has 0 spiro atoms. The molecule has 106 valence electrons. The predicted octanol–water partition coefficient (Wildman–Crippen LogP) is 2.55. The lowest BCUT2D eigenvalue weighted by atomic mass is 10.2. The van der Waals surface area contributed by atoms with Gasteiger partial charge < -0.3 is 15.6 Å². The molecule has 1 aromatic carbocycles. The Morgan fingerprint density at radius 2 is 2.15 bits per heavy atom. The number of aromatic nitrogens is 1. The number of nitrogens with one attached hydrogen (secondary N) is 1. The normalized spacial score (nSPS) is 11.6. The van der Waals surface area contributed by atoms with E-state index in [4.69, 9.17) is 10.3 Å². The van der Waals surface area contributed by atoms with Crippen molar-refractivity contribution in [2.45, 2.75) is 26.3 Å². The van der Waals surface area contributed by atoms with Gasteiger partial charge in [0.25, 0.3) is 0 Å². The van der Waals surface area contributed by atoms with Crippen molar-refractivity contribution in [2.24, 2.45) is 10.7 Å². The van der Waals surface area contributed by atoms with Gasteiger partial charge in [0, 0.05) is 18.2 Å². The number of hydrogen-bond acceptors (Lipinski definition) is 3. The first-order valence-corrected chi connectivity index (χ1v) is 6.84. The highest BCUT2D eigenvalue weighted by atomic mass is 16.5. The van der Waals surface area contributed by atoms with Gasteiger partial charge in [0.2, 0.25) is 0 Å².